The topological polar surface area (TPSA) is 37.3 Å². The van der Waals surface area contributed by atoms with E-state index in [0.29, 0.717) is 35.8 Å². The van der Waals surface area contributed by atoms with Crippen LogP contribution < -0.4 is 0 Å². The van der Waals surface area contributed by atoms with Crippen LogP contribution in [0.1, 0.15) is 68.9 Å². The van der Waals surface area contributed by atoms with Gasteiger partial charge in [0, 0.05) is 11.3 Å². The molecular formula is C23H30ClFO2. The molecular weight excluding hydrogens is 363 g/mol. The number of halogens is 2. The Hall–Kier alpha value is -1.09. The van der Waals surface area contributed by atoms with E-state index in [2.05, 4.69) is 6.07 Å². The highest BCUT2D eigenvalue weighted by atomic mass is 35.5. The molecule has 0 heterocycles. The van der Waals surface area contributed by atoms with Gasteiger partial charge in [0.25, 0.3) is 0 Å². The molecule has 0 saturated heterocycles. The van der Waals surface area contributed by atoms with Crippen LogP contribution >= 0.6 is 11.6 Å². The molecule has 27 heavy (non-hydrogen) atoms. The summed E-state index contributed by atoms with van der Waals surface area (Å²) in [5.74, 6) is 2.26. The van der Waals surface area contributed by atoms with Crippen LogP contribution in [0.3, 0.4) is 0 Å². The number of alkyl halides is 2. The molecule has 1 aromatic carbocycles. The number of carbonyl (C=O) groups is 1. The van der Waals surface area contributed by atoms with Crippen LogP contribution in [0.5, 0.6) is 5.75 Å². The molecule has 148 valence electrons. The fourth-order valence-corrected chi connectivity index (χ4v) is 6.68. The second-order valence-electron chi connectivity index (χ2n) is 9.20. The van der Waals surface area contributed by atoms with Gasteiger partial charge in [-0.2, -0.15) is 0 Å². The minimum atomic E-state index is -1.28. The average Bonchev–Trinajstić information content (AvgIpc) is 2.88. The standard InChI is InChI=1S/C23H30ClFO2/c1-23-9-8-18-17-7-6-16(26)12-15(17)11-14(5-3-2-4-10-24)21(18)19(23)13-20(25)22(23)27/h6-7,12,14,18-21,26H,2-5,8-11,13H2,1H3/t14-,18-,19+,20-,21-,23+/m1/s1. The molecule has 0 radical (unpaired) electrons. The Bertz CT molecular complexity index is 720. The first-order valence-corrected chi connectivity index (χ1v) is 11.1. The van der Waals surface area contributed by atoms with Gasteiger partial charge < -0.3 is 5.11 Å². The van der Waals surface area contributed by atoms with Gasteiger partial charge in [0.05, 0.1) is 0 Å². The van der Waals surface area contributed by atoms with E-state index >= 15 is 0 Å². The summed E-state index contributed by atoms with van der Waals surface area (Å²) in [4.78, 5) is 12.6. The van der Waals surface area contributed by atoms with E-state index in [0.717, 1.165) is 44.9 Å². The lowest BCUT2D eigenvalue weighted by atomic mass is 9.52. The number of rotatable bonds is 5. The molecule has 0 aromatic heterocycles. The molecule has 0 amide bonds. The molecule has 1 N–H and O–H groups in total. The van der Waals surface area contributed by atoms with E-state index < -0.39 is 11.6 Å². The van der Waals surface area contributed by atoms with Crippen molar-refractivity contribution in [1.29, 1.82) is 0 Å². The number of ketones is 1. The maximum Gasteiger partial charge on any atom is 0.173 e. The Morgan fingerprint density at radius 1 is 1.30 bits per heavy atom. The van der Waals surface area contributed by atoms with Crippen molar-refractivity contribution in [1.82, 2.24) is 0 Å². The summed E-state index contributed by atoms with van der Waals surface area (Å²) in [6, 6.07) is 5.77. The van der Waals surface area contributed by atoms with Gasteiger partial charge in [-0.15, -0.1) is 11.6 Å². The van der Waals surface area contributed by atoms with E-state index in [-0.39, 0.29) is 11.7 Å². The SMILES string of the molecule is C[C@]12CC[C@@H]3c4ccc(O)cc4C[C@@H](CCCCCCl)[C@H]3[C@@H]1C[C@@H](F)C2=O. The van der Waals surface area contributed by atoms with E-state index in [1.54, 1.807) is 6.07 Å². The zero-order chi connectivity index (χ0) is 19.2. The quantitative estimate of drug-likeness (QED) is 0.508. The number of benzene rings is 1. The minimum Gasteiger partial charge on any atom is -0.508 e. The summed E-state index contributed by atoms with van der Waals surface area (Å²) in [5.41, 5.74) is 2.10. The number of unbranched alkanes of at least 4 members (excludes halogenated alkanes) is 2. The maximum absolute atomic E-state index is 14.5. The molecule has 4 heteroatoms. The average molecular weight is 393 g/mol. The zero-order valence-electron chi connectivity index (χ0n) is 16.1. The van der Waals surface area contributed by atoms with Crippen molar-refractivity contribution in [3.05, 3.63) is 29.3 Å². The molecule has 0 bridgehead atoms. The molecule has 3 aliphatic carbocycles. The predicted molar refractivity (Wildman–Crippen MR) is 106 cm³/mol. The van der Waals surface area contributed by atoms with Crippen molar-refractivity contribution >= 4 is 17.4 Å². The monoisotopic (exact) mass is 392 g/mol. The van der Waals surface area contributed by atoms with Crippen LogP contribution in [0.2, 0.25) is 0 Å². The molecule has 4 rings (SSSR count). The van der Waals surface area contributed by atoms with Gasteiger partial charge in [0.2, 0.25) is 0 Å². The number of phenolic OH excluding ortho intramolecular Hbond substituents is 1. The van der Waals surface area contributed by atoms with Crippen LogP contribution in [0.25, 0.3) is 0 Å². The second kappa shape index (κ2) is 7.39. The number of hydrogen-bond donors (Lipinski definition) is 1. The van der Waals surface area contributed by atoms with Gasteiger partial charge >= 0.3 is 0 Å². The molecule has 0 spiro atoms. The number of fused-ring (bicyclic) bond motifs is 5. The van der Waals surface area contributed by atoms with Crippen molar-refractivity contribution in [2.24, 2.45) is 23.2 Å². The lowest BCUT2D eigenvalue weighted by molar-refractivity contribution is -0.133. The van der Waals surface area contributed by atoms with Crippen molar-refractivity contribution in [2.45, 2.75) is 70.4 Å². The second-order valence-corrected chi connectivity index (χ2v) is 9.58. The van der Waals surface area contributed by atoms with E-state index in [1.165, 1.54) is 11.1 Å². The highest BCUT2D eigenvalue weighted by Gasteiger charge is 2.60. The van der Waals surface area contributed by atoms with Crippen LogP contribution in [0, 0.1) is 23.2 Å². The highest BCUT2D eigenvalue weighted by Crippen LogP contribution is 2.62. The predicted octanol–water partition coefficient (Wildman–Crippen LogP) is 5.79. The van der Waals surface area contributed by atoms with E-state index in [9.17, 15) is 14.3 Å². The number of hydrogen-bond acceptors (Lipinski definition) is 2. The molecule has 2 fully saturated rings. The van der Waals surface area contributed by atoms with Gasteiger partial charge in [-0.3, -0.25) is 4.79 Å². The van der Waals surface area contributed by atoms with Gasteiger partial charge in [0.1, 0.15) is 5.75 Å². The van der Waals surface area contributed by atoms with Crippen molar-refractivity contribution < 1.29 is 14.3 Å². The van der Waals surface area contributed by atoms with Crippen LogP contribution in [-0.4, -0.2) is 22.9 Å². The molecule has 6 atom stereocenters. The number of aromatic hydroxyl groups is 1. The molecule has 0 aliphatic heterocycles. The summed E-state index contributed by atoms with van der Waals surface area (Å²) in [7, 11) is 0. The van der Waals surface area contributed by atoms with Crippen LogP contribution in [0.4, 0.5) is 4.39 Å². The van der Waals surface area contributed by atoms with Crippen molar-refractivity contribution in [3.63, 3.8) is 0 Å². The lowest BCUT2D eigenvalue weighted by Gasteiger charge is -2.51. The minimum absolute atomic E-state index is 0.150. The smallest absolute Gasteiger partial charge is 0.173 e. The highest BCUT2D eigenvalue weighted by molar-refractivity contribution is 6.17. The van der Waals surface area contributed by atoms with Gasteiger partial charge in [-0.05, 0) is 85.5 Å². The third-order valence-corrected chi connectivity index (χ3v) is 8.06. The molecule has 2 saturated carbocycles. The Morgan fingerprint density at radius 2 is 2.11 bits per heavy atom. The Kier molecular flexibility index (Phi) is 5.26. The first-order valence-electron chi connectivity index (χ1n) is 10.5. The summed E-state index contributed by atoms with van der Waals surface area (Å²) in [6.45, 7) is 2.02. The Balaban J connectivity index is 1.67. The molecule has 0 unspecified atom stereocenters. The van der Waals surface area contributed by atoms with Gasteiger partial charge in [-0.25, -0.2) is 4.39 Å². The van der Waals surface area contributed by atoms with Crippen molar-refractivity contribution in [2.75, 3.05) is 5.88 Å². The number of phenols is 1. The van der Waals surface area contributed by atoms with Gasteiger partial charge in [0.15, 0.2) is 12.0 Å². The Morgan fingerprint density at radius 3 is 2.89 bits per heavy atom. The summed E-state index contributed by atoms with van der Waals surface area (Å²) in [5, 5.41) is 9.97. The maximum atomic E-state index is 14.5. The fourth-order valence-electron chi connectivity index (χ4n) is 6.49. The zero-order valence-corrected chi connectivity index (χ0v) is 16.9. The van der Waals surface area contributed by atoms with Gasteiger partial charge in [-0.1, -0.05) is 25.8 Å². The third kappa shape index (κ3) is 3.20. The van der Waals surface area contributed by atoms with Crippen LogP contribution in [-0.2, 0) is 11.2 Å². The summed E-state index contributed by atoms with van der Waals surface area (Å²) >= 11 is 5.83. The largest absolute Gasteiger partial charge is 0.508 e. The molecule has 3 aliphatic rings. The first-order chi connectivity index (χ1) is 13.0. The summed E-state index contributed by atoms with van der Waals surface area (Å²) in [6.07, 6.45) is 6.19. The Labute approximate surface area is 166 Å². The van der Waals surface area contributed by atoms with Crippen LogP contribution in [0.15, 0.2) is 18.2 Å². The number of Topliss-reactive ketones (excluding diaryl/α,β-unsaturated/α-hetero) is 1. The molecule has 1 aromatic rings. The third-order valence-electron chi connectivity index (χ3n) is 7.79. The first kappa shape index (κ1) is 19.2. The van der Waals surface area contributed by atoms with Crippen molar-refractivity contribution in [3.8, 4) is 5.75 Å². The summed E-state index contributed by atoms with van der Waals surface area (Å²) < 4.78 is 14.5. The normalized spacial score (nSPS) is 37.6. The fraction of sp³-hybridized carbons (Fsp3) is 0.696. The van der Waals surface area contributed by atoms with E-state index in [1.807, 2.05) is 13.0 Å². The lowest BCUT2D eigenvalue weighted by Crippen LogP contribution is -2.46. The van der Waals surface area contributed by atoms with E-state index in [4.69, 9.17) is 11.6 Å². The number of carbonyl (C=O) groups excluding carboxylic acids is 1. The molecule has 2 nitrogen and oxygen atoms in total.